The lowest BCUT2D eigenvalue weighted by Gasteiger charge is -2.35. The van der Waals surface area contributed by atoms with Gasteiger partial charge in [-0.15, -0.1) is 0 Å². The van der Waals surface area contributed by atoms with Crippen LogP contribution in [0.25, 0.3) is 0 Å². The number of hydrogen-bond donors (Lipinski definition) is 1. The highest BCUT2D eigenvalue weighted by atomic mass is 35.5. The fraction of sp³-hybridized carbons (Fsp3) is 0.222. The molecule has 1 aliphatic heterocycles. The molecule has 9 heteroatoms. The second-order valence-corrected chi connectivity index (χ2v) is 6.55. The lowest BCUT2D eigenvalue weighted by molar-refractivity contribution is -0.384. The van der Waals surface area contributed by atoms with Gasteiger partial charge in [-0.2, -0.15) is 0 Å². The molecule has 8 nitrogen and oxygen atoms in total. The number of halogens is 1. The number of nitrogens with zero attached hydrogens (tertiary/aromatic N) is 3. The minimum atomic E-state index is -0.721. The second kappa shape index (κ2) is 7.63. The Labute approximate surface area is 160 Å². The molecule has 0 bridgehead atoms. The predicted molar refractivity (Wildman–Crippen MR) is 101 cm³/mol. The molecule has 2 aromatic rings. The van der Waals surface area contributed by atoms with Crippen molar-refractivity contribution >= 4 is 34.8 Å². The van der Waals surface area contributed by atoms with E-state index in [4.69, 9.17) is 17.3 Å². The van der Waals surface area contributed by atoms with Gasteiger partial charge in [-0.1, -0.05) is 17.7 Å². The maximum Gasteiger partial charge on any atom is 0.293 e. The van der Waals surface area contributed by atoms with Crippen molar-refractivity contribution in [3.8, 4) is 0 Å². The van der Waals surface area contributed by atoms with Gasteiger partial charge in [-0.3, -0.25) is 19.7 Å². The molecule has 27 heavy (non-hydrogen) atoms. The van der Waals surface area contributed by atoms with Crippen molar-refractivity contribution in [2.24, 2.45) is 5.73 Å². The van der Waals surface area contributed by atoms with E-state index in [0.717, 1.165) is 0 Å². The van der Waals surface area contributed by atoms with Crippen LogP contribution in [0.2, 0.25) is 5.02 Å². The number of amides is 2. The van der Waals surface area contributed by atoms with Crippen LogP contribution >= 0.6 is 11.6 Å². The minimum Gasteiger partial charge on any atom is -0.366 e. The highest BCUT2D eigenvalue weighted by Crippen LogP contribution is 2.30. The molecule has 0 spiro atoms. The van der Waals surface area contributed by atoms with Crippen molar-refractivity contribution in [3.05, 3.63) is 68.7 Å². The van der Waals surface area contributed by atoms with E-state index in [1.165, 1.54) is 18.2 Å². The first-order valence-electron chi connectivity index (χ1n) is 8.25. The molecule has 0 aliphatic carbocycles. The van der Waals surface area contributed by atoms with Crippen molar-refractivity contribution in [2.75, 3.05) is 31.1 Å². The Balaban J connectivity index is 1.75. The number of hydrogen-bond acceptors (Lipinski definition) is 5. The largest absolute Gasteiger partial charge is 0.366 e. The summed E-state index contributed by atoms with van der Waals surface area (Å²) >= 11 is 5.94. The minimum absolute atomic E-state index is 0.0835. The van der Waals surface area contributed by atoms with Gasteiger partial charge in [-0.05, 0) is 30.3 Å². The normalized spacial score (nSPS) is 14.1. The molecule has 2 amide bonds. The Kier molecular flexibility index (Phi) is 5.27. The summed E-state index contributed by atoms with van der Waals surface area (Å²) in [5.41, 5.74) is 6.01. The SMILES string of the molecule is NC(=O)c1ccc(N2CCN(C(=O)c3cccc(Cl)c3)CC2)c([N+](=O)[O-])c1. The number of benzene rings is 2. The van der Waals surface area contributed by atoms with Crippen LogP contribution in [0.5, 0.6) is 0 Å². The zero-order valence-electron chi connectivity index (χ0n) is 14.3. The van der Waals surface area contributed by atoms with Crippen LogP contribution in [0.3, 0.4) is 0 Å². The van der Waals surface area contributed by atoms with Crippen LogP contribution in [-0.2, 0) is 0 Å². The maximum absolute atomic E-state index is 12.6. The molecular formula is C18H17ClN4O4. The monoisotopic (exact) mass is 388 g/mol. The molecule has 3 rings (SSSR count). The van der Waals surface area contributed by atoms with Gasteiger partial charge < -0.3 is 15.5 Å². The van der Waals surface area contributed by atoms with Crippen LogP contribution in [0.4, 0.5) is 11.4 Å². The molecule has 0 unspecified atom stereocenters. The number of nitro groups is 1. The Morgan fingerprint density at radius 3 is 2.33 bits per heavy atom. The quantitative estimate of drug-likeness (QED) is 0.638. The summed E-state index contributed by atoms with van der Waals surface area (Å²) < 4.78 is 0. The Hall–Kier alpha value is -3.13. The molecule has 1 aliphatic rings. The molecule has 1 saturated heterocycles. The van der Waals surface area contributed by atoms with Crippen molar-refractivity contribution in [1.29, 1.82) is 0 Å². The van der Waals surface area contributed by atoms with Crippen molar-refractivity contribution in [2.45, 2.75) is 0 Å². The van der Waals surface area contributed by atoms with Gasteiger partial charge in [-0.25, -0.2) is 0 Å². The van der Waals surface area contributed by atoms with Crippen LogP contribution in [0, 0.1) is 10.1 Å². The average Bonchev–Trinajstić information content (AvgIpc) is 2.67. The summed E-state index contributed by atoms with van der Waals surface area (Å²) in [4.78, 5) is 38.2. The van der Waals surface area contributed by atoms with Gasteiger partial charge in [0, 0.05) is 48.4 Å². The van der Waals surface area contributed by atoms with Crippen molar-refractivity contribution in [3.63, 3.8) is 0 Å². The third-order valence-corrected chi connectivity index (χ3v) is 4.67. The van der Waals surface area contributed by atoms with E-state index in [1.807, 2.05) is 4.90 Å². The van der Waals surface area contributed by atoms with Gasteiger partial charge in [0.25, 0.3) is 11.6 Å². The summed E-state index contributed by atoms with van der Waals surface area (Å²) in [6.07, 6.45) is 0. The number of anilines is 1. The first kappa shape index (κ1) is 18.7. The zero-order valence-corrected chi connectivity index (χ0v) is 15.1. The summed E-state index contributed by atoms with van der Waals surface area (Å²) in [5.74, 6) is -0.850. The number of carbonyl (C=O) groups is 2. The number of rotatable bonds is 4. The maximum atomic E-state index is 12.6. The summed E-state index contributed by atoms with van der Waals surface area (Å²) in [7, 11) is 0. The zero-order chi connectivity index (χ0) is 19.6. The van der Waals surface area contributed by atoms with Gasteiger partial charge in [0.1, 0.15) is 5.69 Å². The third-order valence-electron chi connectivity index (χ3n) is 4.44. The number of carbonyl (C=O) groups excluding carboxylic acids is 2. The van der Waals surface area contributed by atoms with E-state index in [-0.39, 0.29) is 17.2 Å². The van der Waals surface area contributed by atoms with Crippen LogP contribution in [-0.4, -0.2) is 47.8 Å². The van der Waals surface area contributed by atoms with Gasteiger partial charge in [0.15, 0.2) is 0 Å². The molecule has 1 fully saturated rings. The Bertz CT molecular complexity index is 910. The van der Waals surface area contributed by atoms with E-state index >= 15 is 0 Å². The first-order valence-corrected chi connectivity index (χ1v) is 8.62. The van der Waals surface area contributed by atoms with Crippen molar-refractivity contribution < 1.29 is 14.5 Å². The fourth-order valence-corrected chi connectivity index (χ4v) is 3.24. The third kappa shape index (κ3) is 4.01. The van der Waals surface area contributed by atoms with E-state index < -0.39 is 10.8 Å². The number of piperazine rings is 1. The fourth-order valence-electron chi connectivity index (χ4n) is 3.04. The predicted octanol–water partition coefficient (Wildman–Crippen LogP) is 2.31. The molecule has 2 N–H and O–H groups in total. The number of primary amides is 1. The standard InChI is InChI=1S/C18H17ClN4O4/c19-14-3-1-2-13(10-14)18(25)22-8-6-21(7-9-22)15-5-4-12(17(20)24)11-16(15)23(26)27/h1-5,10-11H,6-9H2,(H2,20,24). The summed E-state index contributed by atoms with van der Waals surface area (Å²) in [6, 6.07) is 10.9. The molecule has 0 saturated carbocycles. The van der Waals surface area contributed by atoms with E-state index in [2.05, 4.69) is 0 Å². The Morgan fingerprint density at radius 1 is 1.04 bits per heavy atom. The van der Waals surface area contributed by atoms with Crippen molar-refractivity contribution in [1.82, 2.24) is 4.90 Å². The smallest absolute Gasteiger partial charge is 0.293 e. The molecule has 0 atom stereocenters. The molecule has 0 aromatic heterocycles. The Morgan fingerprint density at radius 2 is 1.74 bits per heavy atom. The topological polar surface area (TPSA) is 110 Å². The van der Waals surface area contributed by atoms with Gasteiger partial charge in [0.2, 0.25) is 5.91 Å². The number of nitro benzene ring substituents is 1. The molecular weight excluding hydrogens is 372 g/mol. The second-order valence-electron chi connectivity index (χ2n) is 6.11. The van der Waals surface area contributed by atoms with Crippen LogP contribution < -0.4 is 10.6 Å². The molecule has 0 radical (unpaired) electrons. The van der Waals surface area contributed by atoms with E-state index in [9.17, 15) is 19.7 Å². The molecule has 140 valence electrons. The molecule has 2 aromatic carbocycles. The van der Waals surface area contributed by atoms with E-state index in [0.29, 0.717) is 42.5 Å². The first-order chi connectivity index (χ1) is 12.9. The van der Waals surface area contributed by atoms with Gasteiger partial charge >= 0.3 is 0 Å². The average molecular weight is 389 g/mol. The van der Waals surface area contributed by atoms with Gasteiger partial charge in [0.05, 0.1) is 4.92 Å². The lowest BCUT2D eigenvalue weighted by Crippen LogP contribution is -2.49. The summed E-state index contributed by atoms with van der Waals surface area (Å²) in [6.45, 7) is 1.70. The van der Waals surface area contributed by atoms with Crippen LogP contribution in [0.1, 0.15) is 20.7 Å². The summed E-state index contributed by atoms with van der Waals surface area (Å²) in [5, 5.41) is 11.9. The lowest BCUT2D eigenvalue weighted by atomic mass is 10.1. The number of nitrogens with two attached hydrogens (primary N) is 1. The highest BCUT2D eigenvalue weighted by Gasteiger charge is 2.27. The van der Waals surface area contributed by atoms with Crippen LogP contribution in [0.15, 0.2) is 42.5 Å². The van der Waals surface area contributed by atoms with E-state index in [1.54, 1.807) is 29.2 Å². The highest BCUT2D eigenvalue weighted by molar-refractivity contribution is 6.30. The molecule has 1 heterocycles.